The molecule has 2 rings (SSSR count). The highest BCUT2D eigenvalue weighted by molar-refractivity contribution is 5.37. The lowest BCUT2D eigenvalue weighted by Gasteiger charge is -2.27. The summed E-state index contributed by atoms with van der Waals surface area (Å²) in [5.41, 5.74) is 8.07. The highest BCUT2D eigenvalue weighted by Crippen LogP contribution is 2.22. The number of hydrogen-bond acceptors (Lipinski definition) is 4. The lowest BCUT2D eigenvalue weighted by molar-refractivity contribution is 0.194. The van der Waals surface area contributed by atoms with E-state index in [0.29, 0.717) is 12.6 Å². The fraction of sp³-hybridized carbons (Fsp3) is 0.647. The Morgan fingerprint density at radius 1 is 1.43 bits per heavy atom. The molecule has 4 heteroatoms. The lowest BCUT2D eigenvalue weighted by atomic mass is 10.1. The van der Waals surface area contributed by atoms with E-state index in [1.54, 1.807) is 7.11 Å². The molecule has 0 aromatic heterocycles. The molecular weight excluding hydrogens is 262 g/mol. The number of hydrogen-bond donors (Lipinski definition) is 1. The molecule has 0 bridgehead atoms. The van der Waals surface area contributed by atoms with Crippen molar-refractivity contribution in [3.63, 3.8) is 0 Å². The molecule has 1 heterocycles. The van der Waals surface area contributed by atoms with Crippen LogP contribution in [-0.4, -0.2) is 49.6 Å². The summed E-state index contributed by atoms with van der Waals surface area (Å²) >= 11 is 0. The van der Waals surface area contributed by atoms with Gasteiger partial charge in [-0.3, -0.25) is 4.90 Å². The molecule has 1 aromatic rings. The van der Waals surface area contributed by atoms with Gasteiger partial charge in [0, 0.05) is 31.2 Å². The van der Waals surface area contributed by atoms with Crippen LogP contribution in [0.15, 0.2) is 18.2 Å². The van der Waals surface area contributed by atoms with Gasteiger partial charge in [-0.1, -0.05) is 19.1 Å². The van der Waals surface area contributed by atoms with Gasteiger partial charge in [0.2, 0.25) is 0 Å². The largest absolute Gasteiger partial charge is 0.496 e. The second kappa shape index (κ2) is 7.78. The molecule has 1 aromatic carbocycles. The fourth-order valence-corrected chi connectivity index (χ4v) is 3.31. The minimum atomic E-state index is 0.521. The van der Waals surface area contributed by atoms with E-state index in [1.165, 1.54) is 24.9 Å². The molecule has 0 amide bonds. The normalized spacial score (nSPS) is 19.4. The lowest BCUT2D eigenvalue weighted by Crippen LogP contribution is -2.38. The quantitative estimate of drug-likeness (QED) is 0.835. The highest BCUT2D eigenvalue weighted by atomic mass is 16.5. The van der Waals surface area contributed by atoms with E-state index in [-0.39, 0.29) is 0 Å². The van der Waals surface area contributed by atoms with Crippen LogP contribution in [0.3, 0.4) is 0 Å². The predicted octanol–water partition coefficient (Wildman–Crippen LogP) is 2.07. The first-order valence-corrected chi connectivity index (χ1v) is 7.96. The minimum Gasteiger partial charge on any atom is -0.496 e. The molecule has 0 saturated carbocycles. The summed E-state index contributed by atoms with van der Waals surface area (Å²) in [4.78, 5) is 5.00. The maximum absolute atomic E-state index is 5.72. The third-order valence-electron chi connectivity index (χ3n) is 4.45. The Labute approximate surface area is 128 Å². The van der Waals surface area contributed by atoms with E-state index >= 15 is 0 Å². The number of ether oxygens (including phenoxy) is 1. The monoisotopic (exact) mass is 291 g/mol. The topological polar surface area (TPSA) is 41.7 Å². The zero-order valence-corrected chi connectivity index (χ0v) is 13.6. The Morgan fingerprint density at radius 2 is 2.24 bits per heavy atom. The molecule has 4 nitrogen and oxygen atoms in total. The Bertz CT molecular complexity index is 450. The van der Waals surface area contributed by atoms with Gasteiger partial charge in [0.25, 0.3) is 0 Å². The van der Waals surface area contributed by atoms with Gasteiger partial charge in [-0.15, -0.1) is 0 Å². The molecule has 21 heavy (non-hydrogen) atoms. The van der Waals surface area contributed by atoms with Gasteiger partial charge >= 0.3 is 0 Å². The fourth-order valence-electron chi connectivity index (χ4n) is 3.31. The molecule has 2 N–H and O–H groups in total. The smallest absolute Gasteiger partial charge is 0.123 e. The summed E-state index contributed by atoms with van der Waals surface area (Å²) in [6.07, 6.45) is 2.67. The van der Waals surface area contributed by atoms with Crippen molar-refractivity contribution in [2.24, 2.45) is 5.73 Å². The van der Waals surface area contributed by atoms with Crippen LogP contribution in [0.2, 0.25) is 0 Å². The van der Waals surface area contributed by atoms with Gasteiger partial charge in [-0.25, -0.2) is 0 Å². The van der Waals surface area contributed by atoms with Crippen molar-refractivity contribution >= 4 is 0 Å². The van der Waals surface area contributed by atoms with Crippen molar-refractivity contribution in [3.8, 4) is 5.75 Å². The zero-order chi connectivity index (χ0) is 15.2. The molecule has 1 fully saturated rings. The summed E-state index contributed by atoms with van der Waals surface area (Å²) in [5, 5.41) is 0. The van der Waals surface area contributed by atoms with E-state index in [9.17, 15) is 0 Å². The number of likely N-dealkylation sites (tertiary alicyclic amines) is 1. The molecule has 0 aliphatic carbocycles. The number of likely N-dealkylation sites (N-methyl/N-ethyl adjacent to an activating group) is 2. The van der Waals surface area contributed by atoms with E-state index in [1.807, 2.05) is 0 Å². The Hall–Kier alpha value is -1.10. The number of rotatable bonds is 7. The standard InChI is InChI=1S/C17H29N3O/c1-4-20-9-5-6-16(20)13-19(2)12-14-7-8-15(11-18)17(10-14)21-3/h7-8,10,16H,4-6,9,11-13,18H2,1-3H3. The van der Waals surface area contributed by atoms with E-state index in [4.69, 9.17) is 10.5 Å². The maximum atomic E-state index is 5.72. The van der Waals surface area contributed by atoms with Gasteiger partial charge in [-0.05, 0) is 44.6 Å². The summed E-state index contributed by atoms with van der Waals surface area (Å²) in [6, 6.07) is 7.07. The highest BCUT2D eigenvalue weighted by Gasteiger charge is 2.23. The second-order valence-electron chi connectivity index (χ2n) is 5.97. The summed E-state index contributed by atoms with van der Waals surface area (Å²) < 4.78 is 5.42. The van der Waals surface area contributed by atoms with Gasteiger partial charge < -0.3 is 15.4 Å². The molecule has 1 unspecified atom stereocenters. The van der Waals surface area contributed by atoms with Crippen molar-refractivity contribution in [1.82, 2.24) is 9.80 Å². The Balaban J connectivity index is 1.94. The summed E-state index contributed by atoms with van der Waals surface area (Å²) in [5.74, 6) is 0.902. The van der Waals surface area contributed by atoms with Crippen molar-refractivity contribution in [3.05, 3.63) is 29.3 Å². The third-order valence-corrected chi connectivity index (χ3v) is 4.45. The van der Waals surface area contributed by atoms with Crippen LogP contribution >= 0.6 is 0 Å². The van der Waals surface area contributed by atoms with Crippen LogP contribution in [0.5, 0.6) is 5.75 Å². The Kier molecular flexibility index (Phi) is 6.03. The SMILES string of the molecule is CCN1CCCC1CN(C)Cc1ccc(CN)c(OC)c1. The van der Waals surface area contributed by atoms with Gasteiger partial charge in [0.15, 0.2) is 0 Å². The maximum Gasteiger partial charge on any atom is 0.123 e. The van der Waals surface area contributed by atoms with Gasteiger partial charge in [-0.2, -0.15) is 0 Å². The number of benzene rings is 1. The average molecular weight is 291 g/mol. The number of nitrogens with zero attached hydrogens (tertiary/aromatic N) is 2. The number of nitrogens with two attached hydrogens (primary N) is 1. The van der Waals surface area contributed by atoms with E-state index in [0.717, 1.165) is 30.9 Å². The molecule has 118 valence electrons. The summed E-state index contributed by atoms with van der Waals surface area (Å²) in [7, 11) is 3.91. The number of methoxy groups -OCH3 is 1. The molecular formula is C17H29N3O. The van der Waals surface area contributed by atoms with Crippen molar-refractivity contribution < 1.29 is 4.74 Å². The van der Waals surface area contributed by atoms with Crippen LogP contribution in [0.4, 0.5) is 0 Å². The van der Waals surface area contributed by atoms with Gasteiger partial charge in [0.1, 0.15) is 5.75 Å². The Morgan fingerprint density at radius 3 is 2.90 bits per heavy atom. The zero-order valence-electron chi connectivity index (χ0n) is 13.6. The van der Waals surface area contributed by atoms with Crippen molar-refractivity contribution in [2.45, 2.75) is 38.9 Å². The van der Waals surface area contributed by atoms with Crippen molar-refractivity contribution in [2.75, 3.05) is 33.8 Å². The van der Waals surface area contributed by atoms with E-state index < -0.39 is 0 Å². The van der Waals surface area contributed by atoms with Crippen molar-refractivity contribution in [1.29, 1.82) is 0 Å². The molecule has 1 aliphatic rings. The molecule has 0 spiro atoms. The predicted molar refractivity (Wildman–Crippen MR) is 87.5 cm³/mol. The van der Waals surface area contributed by atoms with E-state index in [2.05, 4.69) is 42.0 Å². The second-order valence-corrected chi connectivity index (χ2v) is 5.97. The molecule has 0 radical (unpaired) electrons. The van der Waals surface area contributed by atoms with Crippen LogP contribution in [0.1, 0.15) is 30.9 Å². The first-order valence-electron chi connectivity index (χ1n) is 7.96. The van der Waals surface area contributed by atoms with Crippen LogP contribution in [0.25, 0.3) is 0 Å². The molecule has 1 atom stereocenters. The molecule has 1 saturated heterocycles. The van der Waals surface area contributed by atoms with Crippen LogP contribution < -0.4 is 10.5 Å². The average Bonchev–Trinajstić information content (AvgIpc) is 2.94. The third kappa shape index (κ3) is 4.19. The minimum absolute atomic E-state index is 0.521. The first kappa shape index (κ1) is 16.3. The summed E-state index contributed by atoms with van der Waals surface area (Å²) in [6.45, 7) is 7.29. The van der Waals surface area contributed by atoms with Crippen LogP contribution in [0, 0.1) is 0 Å². The molecule has 1 aliphatic heterocycles. The van der Waals surface area contributed by atoms with Crippen LogP contribution in [-0.2, 0) is 13.1 Å². The first-order chi connectivity index (χ1) is 10.2. The van der Waals surface area contributed by atoms with Gasteiger partial charge in [0.05, 0.1) is 7.11 Å².